The van der Waals surface area contributed by atoms with Gasteiger partial charge in [-0.1, -0.05) is 37.6 Å². The summed E-state index contributed by atoms with van der Waals surface area (Å²) in [6.07, 6.45) is 3.62. The third kappa shape index (κ3) is 8.19. The average molecular weight is 501 g/mol. The molecule has 179 valence electrons. The molecule has 34 heavy (non-hydrogen) atoms. The number of carbonyl (C=O) groups excluding carboxylic acids is 2. The van der Waals surface area contributed by atoms with Crippen molar-refractivity contribution in [3.05, 3.63) is 42.1 Å². The molecule has 1 aromatic carbocycles. The van der Waals surface area contributed by atoms with Gasteiger partial charge in [-0.15, -0.1) is 11.8 Å². The van der Waals surface area contributed by atoms with Gasteiger partial charge >= 0.3 is 6.09 Å². The van der Waals surface area contributed by atoms with Gasteiger partial charge in [0.25, 0.3) is 0 Å². The summed E-state index contributed by atoms with van der Waals surface area (Å²) < 4.78 is 11.7. The molecule has 9 nitrogen and oxygen atoms in total. The van der Waals surface area contributed by atoms with Crippen molar-refractivity contribution >= 4 is 53.1 Å². The third-order valence-corrected chi connectivity index (χ3v) is 6.73. The molecular formula is C22H26BN4O5S2. The Morgan fingerprint density at radius 2 is 1.94 bits per heavy atom. The van der Waals surface area contributed by atoms with E-state index in [4.69, 9.17) is 14.7 Å². The smallest absolute Gasteiger partial charge is 0.418 e. The van der Waals surface area contributed by atoms with Crippen LogP contribution >= 0.6 is 23.1 Å². The number of ether oxygens (including phenoxy) is 2. The molecule has 0 unspecified atom stereocenters. The first-order valence-electron chi connectivity index (χ1n) is 10.6. The van der Waals surface area contributed by atoms with E-state index in [9.17, 15) is 9.59 Å². The van der Waals surface area contributed by atoms with Gasteiger partial charge in [-0.05, 0) is 41.7 Å². The Hall–Kier alpha value is -2.83. The SMILES string of the molecule is CC(C)(C)C1=CN=C(CSc2cnc(NC(=O)Oc3ccc(OCCCC(=O)NO)cc3)s2)[B]1. The first-order valence-corrected chi connectivity index (χ1v) is 12.4. The third-order valence-electron chi connectivity index (χ3n) is 4.59. The fourth-order valence-electron chi connectivity index (χ4n) is 2.73. The van der Waals surface area contributed by atoms with E-state index >= 15 is 0 Å². The summed E-state index contributed by atoms with van der Waals surface area (Å²) >= 11 is 2.98. The van der Waals surface area contributed by atoms with Gasteiger partial charge in [0.2, 0.25) is 13.2 Å². The van der Waals surface area contributed by atoms with Gasteiger partial charge in [0.1, 0.15) is 11.5 Å². The number of aliphatic imine (C=N–C) groups is 1. The molecule has 12 heteroatoms. The van der Waals surface area contributed by atoms with E-state index in [0.29, 0.717) is 29.7 Å². The minimum Gasteiger partial charge on any atom is -0.494 e. The molecule has 0 fully saturated rings. The molecule has 0 aliphatic carbocycles. The number of anilines is 1. The van der Waals surface area contributed by atoms with Crippen LogP contribution in [-0.2, 0) is 4.79 Å². The molecule has 1 aliphatic heterocycles. The molecule has 0 saturated carbocycles. The van der Waals surface area contributed by atoms with Crippen molar-refractivity contribution in [1.82, 2.24) is 10.5 Å². The summed E-state index contributed by atoms with van der Waals surface area (Å²) in [6, 6.07) is 6.54. The van der Waals surface area contributed by atoms with Crippen molar-refractivity contribution in [2.45, 2.75) is 37.8 Å². The quantitative estimate of drug-likeness (QED) is 0.144. The van der Waals surface area contributed by atoms with Crippen LogP contribution in [0.1, 0.15) is 33.6 Å². The van der Waals surface area contributed by atoms with Gasteiger partial charge in [0.05, 0.1) is 17.0 Å². The largest absolute Gasteiger partial charge is 0.494 e. The van der Waals surface area contributed by atoms with Crippen LogP contribution in [0, 0.1) is 5.41 Å². The van der Waals surface area contributed by atoms with E-state index in [0.717, 1.165) is 15.6 Å². The van der Waals surface area contributed by atoms with Crippen molar-refractivity contribution in [3.8, 4) is 11.5 Å². The van der Waals surface area contributed by atoms with Crippen molar-refractivity contribution < 1.29 is 24.3 Å². The highest BCUT2D eigenvalue weighted by molar-refractivity contribution is 8.02. The van der Waals surface area contributed by atoms with E-state index in [1.807, 2.05) is 6.20 Å². The van der Waals surface area contributed by atoms with Crippen molar-refractivity contribution in [2.75, 3.05) is 17.7 Å². The van der Waals surface area contributed by atoms with Crippen LogP contribution in [0.3, 0.4) is 0 Å². The van der Waals surface area contributed by atoms with E-state index < -0.39 is 12.0 Å². The summed E-state index contributed by atoms with van der Waals surface area (Å²) in [5.74, 6) is 1.20. The van der Waals surface area contributed by atoms with Gasteiger partial charge < -0.3 is 9.47 Å². The Bertz CT molecular complexity index is 1060. The minimum atomic E-state index is -0.637. The Kier molecular flexibility index (Phi) is 9.14. The lowest BCUT2D eigenvalue weighted by molar-refractivity contribution is -0.129. The fraction of sp³-hybridized carbons (Fsp3) is 0.364. The molecule has 0 atom stereocenters. The molecule has 2 amide bonds. The number of nitrogens with one attached hydrogen (secondary N) is 2. The van der Waals surface area contributed by atoms with Crippen molar-refractivity contribution in [3.63, 3.8) is 0 Å². The maximum absolute atomic E-state index is 12.2. The number of thioether (sulfide) groups is 1. The number of hydrogen-bond donors (Lipinski definition) is 3. The minimum absolute atomic E-state index is 0.0748. The van der Waals surface area contributed by atoms with Gasteiger partial charge in [-0.25, -0.2) is 15.3 Å². The highest BCUT2D eigenvalue weighted by Crippen LogP contribution is 2.31. The Labute approximate surface area is 207 Å². The molecule has 1 aromatic heterocycles. The van der Waals surface area contributed by atoms with Crippen LogP contribution in [0.25, 0.3) is 0 Å². The van der Waals surface area contributed by atoms with Crippen molar-refractivity contribution in [2.24, 2.45) is 10.4 Å². The molecule has 1 radical (unpaired) electrons. The first-order chi connectivity index (χ1) is 16.2. The molecule has 2 aromatic rings. The predicted molar refractivity (Wildman–Crippen MR) is 134 cm³/mol. The highest BCUT2D eigenvalue weighted by atomic mass is 32.2. The molecule has 3 rings (SSSR count). The van der Waals surface area contributed by atoms with Gasteiger partial charge in [0, 0.05) is 18.4 Å². The number of amides is 2. The molecule has 3 N–H and O–H groups in total. The standard InChI is InChI=1S/C22H26BN4O5S2/c1-22(2,3)16-11-24-17(23-16)13-33-19-12-25-20(34-19)26-21(29)32-15-8-6-14(7-9-15)31-10-4-5-18(28)27-30/h6-9,11-12,30H,4-5,10,13H2,1-3H3,(H,27,28)(H,25,26,29). The topological polar surface area (TPSA) is 122 Å². The monoisotopic (exact) mass is 501 g/mol. The summed E-state index contributed by atoms with van der Waals surface area (Å²) in [5, 5.41) is 11.5. The Morgan fingerprint density at radius 3 is 2.62 bits per heavy atom. The average Bonchev–Trinajstić information content (AvgIpc) is 3.45. The molecule has 0 bridgehead atoms. The zero-order valence-electron chi connectivity index (χ0n) is 19.2. The lowest BCUT2D eigenvalue weighted by atomic mass is 9.59. The van der Waals surface area contributed by atoms with E-state index in [2.05, 4.69) is 43.3 Å². The normalized spacial score (nSPS) is 12.9. The molecule has 1 aliphatic rings. The van der Waals surface area contributed by atoms with Crippen LogP contribution in [-0.4, -0.2) is 47.4 Å². The Morgan fingerprint density at radius 1 is 1.21 bits per heavy atom. The Balaban J connectivity index is 1.38. The fourth-order valence-corrected chi connectivity index (χ4v) is 4.49. The number of hydroxylamine groups is 1. The second-order valence-electron chi connectivity index (χ2n) is 8.35. The number of carbonyl (C=O) groups is 2. The number of thiazole rings is 1. The number of nitrogens with zero attached hydrogens (tertiary/aromatic N) is 2. The van der Waals surface area contributed by atoms with E-state index in [1.54, 1.807) is 47.7 Å². The zero-order valence-corrected chi connectivity index (χ0v) is 20.8. The summed E-state index contributed by atoms with van der Waals surface area (Å²) in [7, 11) is 2.12. The predicted octanol–water partition coefficient (Wildman–Crippen LogP) is 4.51. The van der Waals surface area contributed by atoms with Crippen LogP contribution in [0.2, 0.25) is 0 Å². The molecule has 0 saturated heterocycles. The first kappa shape index (κ1) is 25.8. The maximum Gasteiger partial charge on any atom is 0.418 e. The van der Waals surface area contributed by atoms with Crippen LogP contribution in [0.5, 0.6) is 11.5 Å². The maximum atomic E-state index is 12.2. The van der Waals surface area contributed by atoms with Gasteiger partial charge in [-0.3, -0.25) is 20.3 Å². The summed E-state index contributed by atoms with van der Waals surface area (Å²) in [4.78, 5) is 31.8. The van der Waals surface area contributed by atoms with E-state index in [-0.39, 0.29) is 11.8 Å². The summed E-state index contributed by atoms with van der Waals surface area (Å²) in [6.45, 7) is 6.80. The molecular weight excluding hydrogens is 475 g/mol. The molecule has 2 heterocycles. The number of aromatic nitrogens is 1. The van der Waals surface area contributed by atoms with Crippen LogP contribution < -0.4 is 20.3 Å². The number of rotatable bonds is 10. The lowest BCUT2D eigenvalue weighted by Gasteiger charge is -2.19. The zero-order chi connectivity index (χ0) is 24.6. The van der Waals surface area contributed by atoms with Crippen LogP contribution in [0.4, 0.5) is 9.93 Å². The number of hydrogen-bond acceptors (Lipinski definition) is 9. The van der Waals surface area contributed by atoms with E-state index in [1.165, 1.54) is 16.8 Å². The lowest BCUT2D eigenvalue weighted by Crippen LogP contribution is -2.19. The number of allylic oxidation sites excluding steroid dienone is 1. The van der Waals surface area contributed by atoms with Crippen LogP contribution in [0.15, 0.2) is 51.3 Å². The number of benzene rings is 1. The second-order valence-corrected chi connectivity index (χ2v) is 10.7. The highest BCUT2D eigenvalue weighted by Gasteiger charge is 2.23. The summed E-state index contributed by atoms with van der Waals surface area (Å²) in [5.41, 5.74) is 3.87. The van der Waals surface area contributed by atoms with Crippen molar-refractivity contribution in [1.29, 1.82) is 0 Å². The second kappa shape index (κ2) is 12.0. The molecule has 0 spiro atoms. The van der Waals surface area contributed by atoms with Gasteiger partial charge in [0.15, 0.2) is 5.13 Å². The van der Waals surface area contributed by atoms with Gasteiger partial charge in [-0.2, -0.15) is 0 Å².